The number of carbonyl (C=O) groups is 1. The molecule has 5 heteroatoms. The van der Waals surface area contributed by atoms with E-state index in [1.54, 1.807) is 16.6 Å². The molecule has 0 saturated heterocycles. The lowest BCUT2D eigenvalue weighted by atomic mass is 10.0. The second kappa shape index (κ2) is 5.43. The molecule has 0 spiro atoms. The van der Waals surface area contributed by atoms with Gasteiger partial charge in [0.15, 0.2) is 12.4 Å². The Hall–Kier alpha value is -2.82. The van der Waals surface area contributed by atoms with Gasteiger partial charge in [-0.15, -0.1) is 0 Å². The molecule has 0 radical (unpaired) electrons. The third kappa shape index (κ3) is 2.34. The third-order valence-corrected chi connectivity index (χ3v) is 4.18. The average Bonchev–Trinajstić information content (AvgIpc) is 2.74. The van der Waals surface area contributed by atoms with E-state index in [9.17, 15) is 4.79 Å². The van der Waals surface area contributed by atoms with Gasteiger partial charge in [-0.05, 0) is 38.1 Å². The first-order valence-corrected chi connectivity index (χ1v) is 7.42. The molecule has 2 aromatic rings. The Bertz CT molecular complexity index is 765. The van der Waals surface area contributed by atoms with Crippen LogP contribution in [0, 0.1) is 0 Å². The fraction of sp³-hybridized carbons (Fsp3) is 0.222. The van der Waals surface area contributed by atoms with E-state index in [-0.39, 0.29) is 5.91 Å². The van der Waals surface area contributed by atoms with Crippen LogP contribution in [-0.2, 0) is 4.79 Å². The van der Waals surface area contributed by atoms with Crippen LogP contribution in [0.25, 0.3) is 5.70 Å². The number of carbonyl (C=O) groups excluding carboxylic acids is 1. The minimum absolute atomic E-state index is 0.117. The summed E-state index contributed by atoms with van der Waals surface area (Å²) >= 11 is 0. The molecule has 2 heterocycles. The zero-order chi connectivity index (χ0) is 16.6. The maximum Gasteiger partial charge on any atom is 0.326 e. The van der Waals surface area contributed by atoms with E-state index in [4.69, 9.17) is 10.5 Å². The lowest BCUT2D eigenvalue weighted by Gasteiger charge is -2.31. The van der Waals surface area contributed by atoms with Crippen LogP contribution in [0.2, 0.25) is 0 Å². The lowest BCUT2D eigenvalue weighted by molar-refractivity contribution is -0.577. The molecule has 3 rings (SSSR count). The van der Waals surface area contributed by atoms with Crippen molar-refractivity contribution in [2.75, 3.05) is 12.0 Å². The number of amides is 1. The maximum atomic E-state index is 13.0. The van der Waals surface area contributed by atoms with Gasteiger partial charge in [-0.25, -0.2) is 0 Å². The van der Waals surface area contributed by atoms with E-state index in [1.165, 1.54) is 0 Å². The molecule has 118 valence electrons. The highest BCUT2D eigenvalue weighted by Crippen LogP contribution is 2.37. The lowest BCUT2D eigenvalue weighted by Crippen LogP contribution is -2.46. The van der Waals surface area contributed by atoms with E-state index < -0.39 is 5.54 Å². The number of nitrogens with zero attached hydrogens (tertiary/aromatic N) is 2. The van der Waals surface area contributed by atoms with Crippen molar-refractivity contribution in [2.24, 2.45) is 5.73 Å². The molecule has 0 aliphatic carbocycles. The summed E-state index contributed by atoms with van der Waals surface area (Å²) in [5.74, 6) is 0.630. The summed E-state index contributed by atoms with van der Waals surface area (Å²) in [6.45, 7) is 3.89. The number of methoxy groups -OCH3 is 1. The molecular formula is C18H20N3O2+. The molecule has 2 N–H and O–H groups in total. The number of anilines is 1. The molecule has 0 saturated carbocycles. The number of hydrogen-bond acceptors (Lipinski definition) is 3. The first-order chi connectivity index (χ1) is 11.0. The van der Waals surface area contributed by atoms with Gasteiger partial charge in [-0.2, -0.15) is 4.57 Å². The second-order valence-corrected chi connectivity index (χ2v) is 5.94. The van der Waals surface area contributed by atoms with Gasteiger partial charge in [0.05, 0.1) is 12.6 Å². The zero-order valence-electron chi connectivity index (χ0n) is 13.5. The van der Waals surface area contributed by atoms with Crippen LogP contribution >= 0.6 is 0 Å². The van der Waals surface area contributed by atoms with Crippen molar-refractivity contribution >= 4 is 17.3 Å². The number of pyridine rings is 1. The Labute approximate surface area is 135 Å². The van der Waals surface area contributed by atoms with E-state index >= 15 is 0 Å². The number of hydrogen-bond donors (Lipinski definition) is 1. The number of nitrogens with two attached hydrogens (primary N) is 1. The Morgan fingerprint density at radius 3 is 2.26 bits per heavy atom. The molecule has 0 atom stereocenters. The second-order valence-electron chi connectivity index (χ2n) is 5.94. The molecule has 0 unspecified atom stereocenters. The number of ether oxygens (including phenoxy) is 1. The number of benzene rings is 1. The van der Waals surface area contributed by atoms with Crippen LogP contribution < -0.4 is 19.9 Å². The van der Waals surface area contributed by atoms with Crippen molar-refractivity contribution in [3.05, 3.63) is 60.6 Å². The van der Waals surface area contributed by atoms with Crippen molar-refractivity contribution in [1.29, 1.82) is 0 Å². The molecule has 1 aromatic carbocycles. The van der Waals surface area contributed by atoms with Gasteiger partial charge in [0.25, 0.3) is 5.70 Å². The predicted molar refractivity (Wildman–Crippen MR) is 88.6 cm³/mol. The highest BCUT2D eigenvalue weighted by molar-refractivity contribution is 6.23. The minimum Gasteiger partial charge on any atom is -0.497 e. The monoisotopic (exact) mass is 310 g/mol. The van der Waals surface area contributed by atoms with E-state index in [1.807, 2.05) is 68.7 Å². The van der Waals surface area contributed by atoms with Crippen LogP contribution in [0.15, 0.2) is 60.6 Å². The van der Waals surface area contributed by atoms with Gasteiger partial charge in [-0.3, -0.25) is 9.69 Å². The summed E-state index contributed by atoms with van der Waals surface area (Å²) in [7, 11) is 1.61. The largest absolute Gasteiger partial charge is 0.497 e. The third-order valence-electron chi connectivity index (χ3n) is 4.18. The Balaban J connectivity index is 2.06. The first kappa shape index (κ1) is 15.1. The normalized spacial score (nSPS) is 16.8. The average molecular weight is 310 g/mol. The van der Waals surface area contributed by atoms with Crippen LogP contribution in [0.1, 0.15) is 13.8 Å². The van der Waals surface area contributed by atoms with E-state index in [0.717, 1.165) is 11.4 Å². The van der Waals surface area contributed by atoms with Gasteiger partial charge in [-0.1, -0.05) is 6.07 Å². The quantitative estimate of drug-likeness (QED) is 0.881. The smallest absolute Gasteiger partial charge is 0.326 e. The molecule has 23 heavy (non-hydrogen) atoms. The molecule has 1 aliphatic heterocycles. The van der Waals surface area contributed by atoms with E-state index in [2.05, 4.69) is 0 Å². The Kier molecular flexibility index (Phi) is 3.56. The van der Waals surface area contributed by atoms with Crippen molar-refractivity contribution in [3.8, 4) is 5.75 Å². The van der Waals surface area contributed by atoms with Gasteiger partial charge in [0.1, 0.15) is 11.4 Å². The molecule has 5 nitrogen and oxygen atoms in total. The van der Waals surface area contributed by atoms with Gasteiger partial charge in [0.2, 0.25) is 0 Å². The molecule has 0 fully saturated rings. The van der Waals surface area contributed by atoms with Crippen LogP contribution in [-0.4, -0.2) is 18.6 Å². The van der Waals surface area contributed by atoms with Gasteiger partial charge in [0, 0.05) is 17.8 Å². The minimum atomic E-state index is -0.607. The molecule has 1 aliphatic rings. The Morgan fingerprint density at radius 1 is 1.09 bits per heavy atom. The maximum absolute atomic E-state index is 13.0. The summed E-state index contributed by atoms with van der Waals surface area (Å²) in [5.41, 5.74) is 7.56. The van der Waals surface area contributed by atoms with Crippen molar-refractivity contribution in [3.63, 3.8) is 0 Å². The van der Waals surface area contributed by atoms with Crippen molar-refractivity contribution in [2.45, 2.75) is 19.4 Å². The van der Waals surface area contributed by atoms with Crippen molar-refractivity contribution in [1.82, 2.24) is 0 Å². The Morgan fingerprint density at radius 2 is 1.70 bits per heavy atom. The predicted octanol–water partition coefficient (Wildman–Crippen LogP) is 1.94. The highest BCUT2D eigenvalue weighted by Gasteiger charge is 2.49. The number of rotatable bonds is 3. The van der Waals surface area contributed by atoms with Gasteiger partial charge < -0.3 is 10.5 Å². The molecule has 1 amide bonds. The van der Waals surface area contributed by atoms with E-state index in [0.29, 0.717) is 11.4 Å². The fourth-order valence-corrected chi connectivity index (χ4v) is 2.85. The fourth-order valence-electron chi connectivity index (χ4n) is 2.85. The van der Waals surface area contributed by atoms with Crippen molar-refractivity contribution < 1.29 is 14.1 Å². The summed E-state index contributed by atoms with van der Waals surface area (Å²) in [6.07, 6.45) is 3.65. The SMILES string of the molecule is COc1ccc(N2C(=O)C([n+]3ccccc3)=C(N)C2(C)C)cc1. The summed E-state index contributed by atoms with van der Waals surface area (Å²) < 4.78 is 6.95. The molecule has 1 aromatic heterocycles. The van der Waals surface area contributed by atoms with Crippen LogP contribution in [0.5, 0.6) is 5.75 Å². The van der Waals surface area contributed by atoms with Gasteiger partial charge >= 0.3 is 5.91 Å². The standard InChI is InChI=1S/C18H19N3O2/c1-18(2)16(19)15(20-11-5-4-6-12-20)17(22)21(18)13-7-9-14(23-3)10-8-13/h4-12H,1-3H3,(H-,19,22)/p+1. The summed E-state index contributed by atoms with van der Waals surface area (Å²) in [5, 5.41) is 0. The first-order valence-electron chi connectivity index (χ1n) is 7.42. The summed E-state index contributed by atoms with van der Waals surface area (Å²) in [6, 6.07) is 13.0. The molecular weight excluding hydrogens is 290 g/mol. The topological polar surface area (TPSA) is 59.4 Å². The van der Waals surface area contributed by atoms with Crippen LogP contribution in [0.3, 0.4) is 0 Å². The highest BCUT2D eigenvalue weighted by atomic mass is 16.5. The summed E-state index contributed by atoms with van der Waals surface area (Å²) in [4.78, 5) is 14.7. The number of aromatic nitrogens is 1. The van der Waals surface area contributed by atoms with Crippen LogP contribution in [0.4, 0.5) is 5.69 Å². The molecule has 0 bridgehead atoms. The zero-order valence-corrected chi connectivity index (χ0v) is 13.5.